The molecule has 0 atom stereocenters. The van der Waals surface area contributed by atoms with Gasteiger partial charge in [0.15, 0.2) is 0 Å². The van der Waals surface area contributed by atoms with Gasteiger partial charge in [0, 0.05) is 16.9 Å². The molecule has 0 aromatic heterocycles. The summed E-state index contributed by atoms with van der Waals surface area (Å²) in [5.41, 5.74) is 13.0. The van der Waals surface area contributed by atoms with Gasteiger partial charge in [0.2, 0.25) is 0 Å². The number of amides is 1. The number of carbonyl (C=O) groups is 1. The molecule has 0 radical (unpaired) electrons. The maximum absolute atomic E-state index is 11.4. The van der Waals surface area contributed by atoms with E-state index in [1.54, 1.807) is 12.1 Å². The molecule has 2 rings (SSSR count). The average molecular weight is 247 g/mol. The molecule has 1 aliphatic carbocycles. The summed E-state index contributed by atoms with van der Waals surface area (Å²) in [4.78, 5) is 11.4. The number of benzene rings is 1. The molecule has 98 valence electrons. The Labute approximate surface area is 108 Å². The SMILES string of the molecule is CC1(Nc2ccc(N)cc2C(N)=O)CCCCC1. The minimum Gasteiger partial charge on any atom is -0.399 e. The van der Waals surface area contributed by atoms with E-state index in [4.69, 9.17) is 11.5 Å². The summed E-state index contributed by atoms with van der Waals surface area (Å²) in [5.74, 6) is -0.441. The normalized spacial score (nSPS) is 18.3. The van der Waals surface area contributed by atoms with Crippen molar-refractivity contribution in [3.8, 4) is 0 Å². The number of primary amides is 1. The van der Waals surface area contributed by atoms with Crippen LogP contribution < -0.4 is 16.8 Å². The number of hydrogen-bond donors (Lipinski definition) is 3. The van der Waals surface area contributed by atoms with Gasteiger partial charge in [-0.3, -0.25) is 4.79 Å². The average Bonchev–Trinajstić information content (AvgIpc) is 2.32. The van der Waals surface area contributed by atoms with Gasteiger partial charge < -0.3 is 16.8 Å². The number of carbonyl (C=O) groups excluding carboxylic acids is 1. The van der Waals surface area contributed by atoms with Crippen LogP contribution in [0.25, 0.3) is 0 Å². The van der Waals surface area contributed by atoms with E-state index in [-0.39, 0.29) is 5.54 Å². The second kappa shape index (κ2) is 4.88. The van der Waals surface area contributed by atoms with Crippen LogP contribution in [0.4, 0.5) is 11.4 Å². The zero-order valence-electron chi connectivity index (χ0n) is 10.8. The Morgan fingerprint density at radius 3 is 2.56 bits per heavy atom. The molecule has 0 bridgehead atoms. The Kier molecular flexibility index (Phi) is 3.45. The van der Waals surface area contributed by atoms with Crippen molar-refractivity contribution < 1.29 is 4.79 Å². The summed E-state index contributed by atoms with van der Waals surface area (Å²) in [7, 11) is 0. The van der Waals surface area contributed by atoms with Crippen LogP contribution in [0.5, 0.6) is 0 Å². The second-order valence-electron chi connectivity index (χ2n) is 5.42. The van der Waals surface area contributed by atoms with Crippen LogP contribution in [0.3, 0.4) is 0 Å². The summed E-state index contributed by atoms with van der Waals surface area (Å²) in [6.45, 7) is 2.20. The van der Waals surface area contributed by atoms with E-state index < -0.39 is 5.91 Å². The van der Waals surface area contributed by atoms with Gasteiger partial charge in [-0.15, -0.1) is 0 Å². The van der Waals surface area contributed by atoms with Gasteiger partial charge in [-0.05, 0) is 38.0 Å². The molecule has 0 heterocycles. The molecule has 5 N–H and O–H groups in total. The molecule has 0 unspecified atom stereocenters. The Hall–Kier alpha value is -1.71. The fraction of sp³-hybridized carbons (Fsp3) is 0.500. The van der Waals surface area contributed by atoms with Crippen molar-refractivity contribution in [1.82, 2.24) is 0 Å². The molecule has 1 amide bonds. The number of nitrogen functional groups attached to an aromatic ring is 1. The highest BCUT2D eigenvalue weighted by Crippen LogP contribution is 2.32. The molecule has 0 spiro atoms. The van der Waals surface area contributed by atoms with E-state index in [2.05, 4.69) is 12.2 Å². The molecule has 18 heavy (non-hydrogen) atoms. The monoisotopic (exact) mass is 247 g/mol. The Morgan fingerprint density at radius 1 is 1.28 bits per heavy atom. The van der Waals surface area contributed by atoms with Crippen LogP contribution in [0.2, 0.25) is 0 Å². The lowest BCUT2D eigenvalue weighted by Gasteiger charge is -2.36. The van der Waals surface area contributed by atoms with Crippen molar-refractivity contribution in [2.45, 2.75) is 44.6 Å². The molecule has 0 aliphatic heterocycles. The van der Waals surface area contributed by atoms with Gasteiger partial charge in [-0.2, -0.15) is 0 Å². The van der Waals surface area contributed by atoms with Gasteiger partial charge in [0.25, 0.3) is 5.91 Å². The van der Waals surface area contributed by atoms with Crippen molar-refractivity contribution in [2.75, 3.05) is 11.1 Å². The Balaban J connectivity index is 2.25. The van der Waals surface area contributed by atoms with Crippen LogP contribution in [0.15, 0.2) is 18.2 Å². The summed E-state index contributed by atoms with van der Waals surface area (Å²) >= 11 is 0. The van der Waals surface area contributed by atoms with Crippen LogP contribution in [0.1, 0.15) is 49.4 Å². The minimum atomic E-state index is -0.441. The van der Waals surface area contributed by atoms with Gasteiger partial charge in [0.05, 0.1) is 5.56 Å². The molecule has 4 heteroatoms. The van der Waals surface area contributed by atoms with Crippen LogP contribution in [-0.2, 0) is 0 Å². The molecule has 1 saturated carbocycles. The van der Waals surface area contributed by atoms with Crippen molar-refractivity contribution in [3.63, 3.8) is 0 Å². The van der Waals surface area contributed by atoms with Crippen molar-refractivity contribution in [3.05, 3.63) is 23.8 Å². The first-order chi connectivity index (χ1) is 8.50. The third-order valence-corrected chi connectivity index (χ3v) is 3.70. The van der Waals surface area contributed by atoms with E-state index >= 15 is 0 Å². The fourth-order valence-corrected chi connectivity index (χ4v) is 2.66. The molecular weight excluding hydrogens is 226 g/mol. The zero-order chi connectivity index (χ0) is 13.2. The van der Waals surface area contributed by atoms with Crippen LogP contribution >= 0.6 is 0 Å². The Morgan fingerprint density at radius 2 is 1.94 bits per heavy atom. The lowest BCUT2D eigenvalue weighted by molar-refractivity contribution is 0.100. The lowest BCUT2D eigenvalue weighted by Crippen LogP contribution is -2.37. The molecular formula is C14H21N3O. The first-order valence-electron chi connectivity index (χ1n) is 6.48. The first kappa shape index (κ1) is 12.7. The molecule has 4 nitrogen and oxygen atoms in total. The highest BCUT2D eigenvalue weighted by Gasteiger charge is 2.27. The summed E-state index contributed by atoms with van der Waals surface area (Å²) in [6, 6.07) is 5.27. The summed E-state index contributed by atoms with van der Waals surface area (Å²) in [5, 5.41) is 3.48. The minimum absolute atomic E-state index is 0.0541. The van der Waals surface area contributed by atoms with E-state index in [1.807, 2.05) is 6.07 Å². The summed E-state index contributed by atoms with van der Waals surface area (Å²) in [6.07, 6.45) is 5.99. The fourth-order valence-electron chi connectivity index (χ4n) is 2.66. The maximum Gasteiger partial charge on any atom is 0.250 e. The predicted molar refractivity (Wildman–Crippen MR) is 74.5 cm³/mol. The highest BCUT2D eigenvalue weighted by atomic mass is 16.1. The third-order valence-electron chi connectivity index (χ3n) is 3.70. The van der Waals surface area contributed by atoms with Crippen LogP contribution in [-0.4, -0.2) is 11.4 Å². The van der Waals surface area contributed by atoms with E-state index in [0.717, 1.165) is 18.5 Å². The molecule has 1 aromatic rings. The standard InChI is InChI=1S/C14H21N3O/c1-14(7-3-2-4-8-14)17-12-6-5-10(15)9-11(12)13(16)18/h5-6,9,17H,2-4,7-8,15H2,1H3,(H2,16,18). The second-order valence-corrected chi connectivity index (χ2v) is 5.42. The number of nitrogens with one attached hydrogen (secondary N) is 1. The molecule has 1 aliphatic rings. The quantitative estimate of drug-likeness (QED) is 0.718. The zero-order valence-corrected chi connectivity index (χ0v) is 10.8. The number of rotatable bonds is 3. The van der Waals surface area contributed by atoms with Crippen molar-refractivity contribution in [1.29, 1.82) is 0 Å². The van der Waals surface area contributed by atoms with E-state index in [1.165, 1.54) is 19.3 Å². The van der Waals surface area contributed by atoms with Crippen LogP contribution in [0, 0.1) is 0 Å². The van der Waals surface area contributed by atoms with E-state index in [0.29, 0.717) is 11.3 Å². The number of hydrogen-bond acceptors (Lipinski definition) is 3. The van der Waals surface area contributed by atoms with Gasteiger partial charge in [-0.1, -0.05) is 19.3 Å². The smallest absolute Gasteiger partial charge is 0.250 e. The number of anilines is 2. The van der Waals surface area contributed by atoms with E-state index in [9.17, 15) is 4.79 Å². The third kappa shape index (κ3) is 2.75. The highest BCUT2D eigenvalue weighted by molar-refractivity contribution is 5.99. The number of nitrogens with two attached hydrogens (primary N) is 2. The first-order valence-corrected chi connectivity index (χ1v) is 6.48. The van der Waals surface area contributed by atoms with Crippen molar-refractivity contribution >= 4 is 17.3 Å². The topological polar surface area (TPSA) is 81.1 Å². The Bertz CT molecular complexity index is 450. The van der Waals surface area contributed by atoms with Gasteiger partial charge in [-0.25, -0.2) is 0 Å². The predicted octanol–water partition coefficient (Wildman–Crippen LogP) is 2.50. The molecule has 0 saturated heterocycles. The molecule has 1 aromatic carbocycles. The van der Waals surface area contributed by atoms with Gasteiger partial charge >= 0.3 is 0 Å². The lowest BCUT2D eigenvalue weighted by atomic mass is 9.83. The van der Waals surface area contributed by atoms with Gasteiger partial charge in [0.1, 0.15) is 0 Å². The maximum atomic E-state index is 11.4. The largest absolute Gasteiger partial charge is 0.399 e. The molecule has 1 fully saturated rings. The summed E-state index contributed by atoms with van der Waals surface area (Å²) < 4.78 is 0. The van der Waals surface area contributed by atoms with Crippen molar-refractivity contribution in [2.24, 2.45) is 5.73 Å².